The van der Waals surface area contributed by atoms with E-state index < -0.39 is 29.4 Å². The lowest BCUT2D eigenvalue weighted by Crippen LogP contribution is -2.50. The zero-order valence-corrected chi connectivity index (χ0v) is 19.6. The van der Waals surface area contributed by atoms with Crippen LogP contribution < -0.4 is 10.4 Å². The minimum absolute atomic E-state index is 0.00261. The Balaban J connectivity index is 1.88. The van der Waals surface area contributed by atoms with Crippen molar-refractivity contribution >= 4 is 41.8 Å². The number of hydrogen-bond acceptors (Lipinski definition) is 7. The molecule has 1 atom stereocenters. The van der Waals surface area contributed by atoms with Crippen LogP contribution >= 0.6 is 11.6 Å². The van der Waals surface area contributed by atoms with Gasteiger partial charge in [0.05, 0.1) is 9.64 Å². The highest BCUT2D eigenvalue weighted by atomic mass is 35.5. The molecule has 3 rings (SSSR count). The fraction of sp³-hybridized carbons (Fsp3) is 0.278. The van der Waals surface area contributed by atoms with Crippen LogP contribution in [0.3, 0.4) is 0 Å². The van der Waals surface area contributed by atoms with Gasteiger partial charge in [-0.25, -0.2) is 23.4 Å². The van der Waals surface area contributed by atoms with Crippen LogP contribution in [0, 0.1) is 0 Å². The second kappa shape index (κ2) is 8.24. The van der Waals surface area contributed by atoms with E-state index in [2.05, 4.69) is 25.0 Å². The first-order chi connectivity index (χ1) is 14.0. The number of carbonyl (C=O) groups excluding carboxylic acids is 1. The van der Waals surface area contributed by atoms with Gasteiger partial charge in [-0.3, -0.25) is 4.79 Å². The lowest BCUT2D eigenvalue weighted by atomic mass is 10.2. The molecular weight excluding hydrogens is 444 g/mol. The Labute approximate surface area is 181 Å². The third kappa shape index (κ3) is 4.42. The Morgan fingerprint density at radius 3 is 2.43 bits per heavy atom. The molecule has 2 aromatic heterocycles. The van der Waals surface area contributed by atoms with Gasteiger partial charge in [-0.1, -0.05) is 11.6 Å². The van der Waals surface area contributed by atoms with Gasteiger partial charge in [-0.05, 0) is 51.6 Å². The van der Waals surface area contributed by atoms with Gasteiger partial charge < -0.3 is 4.98 Å². The van der Waals surface area contributed by atoms with E-state index in [0.717, 1.165) is 0 Å². The van der Waals surface area contributed by atoms with Crippen molar-refractivity contribution in [3.8, 4) is 5.95 Å². The van der Waals surface area contributed by atoms with Crippen molar-refractivity contribution < 1.29 is 13.2 Å². The predicted molar refractivity (Wildman–Crippen MR) is 115 cm³/mol. The Hall–Kier alpha value is -2.63. The molecule has 0 aliphatic rings. The number of carbonyl (C=O) groups is 1. The maximum Gasteiger partial charge on any atom is 0.251 e. The number of benzene rings is 1. The molecule has 1 aromatic carbocycles. The first-order valence-corrected chi connectivity index (χ1v) is 13.2. The molecule has 9 nitrogen and oxygen atoms in total. The summed E-state index contributed by atoms with van der Waals surface area (Å²) in [6.45, 7) is 6.64. The molecule has 0 aliphatic carbocycles. The molecule has 1 N–H and O–H groups in total. The second-order valence-electron chi connectivity index (χ2n) is 7.57. The third-order valence-corrected chi connectivity index (χ3v) is 8.85. The molecule has 0 saturated carbocycles. The summed E-state index contributed by atoms with van der Waals surface area (Å²) in [5, 5.41) is 4.31. The van der Waals surface area contributed by atoms with Gasteiger partial charge in [0, 0.05) is 23.0 Å². The summed E-state index contributed by atoms with van der Waals surface area (Å²) in [6.07, 6.45) is 4.54. The number of nitrogens with zero attached hydrogens (tertiary/aromatic N) is 5. The average molecular weight is 465 g/mol. The number of halogens is 1. The molecule has 0 radical (unpaired) electrons. The van der Waals surface area contributed by atoms with Crippen LogP contribution in [0.4, 0.5) is 0 Å². The Morgan fingerprint density at radius 1 is 1.13 bits per heavy atom. The lowest BCUT2D eigenvalue weighted by Gasteiger charge is -2.20. The number of rotatable bonds is 5. The van der Waals surface area contributed by atoms with Gasteiger partial charge in [0.1, 0.15) is 11.8 Å². The summed E-state index contributed by atoms with van der Waals surface area (Å²) in [4.78, 5) is 28.3. The van der Waals surface area contributed by atoms with E-state index >= 15 is 0 Å². The highest BCUT2D eigenvalue weighted by Gasteiger charge is 2.32. The van der Waals surface area contributed by atoms with E-state index in [1.165, 1.54) is 29.2 Å². The molecule has 0 aliphatic heterocycles. The fourth-order valence-corrected chi connectivity index (χ4v) is 5.75. The number of amides is 1. The molecular formula is C18H21ClN6O3SSi. The first-order valence-electron chi connectivity index (χ1n) is 9.04. The zero-order valence-electron chi connectivity index (χ0n) is 16.9. The van der Waals surface area contributed by atoms with Crippen molar-refractivity contribution in [2.45, 2.75) is 37.0 Å². The quantitative estimate of drug-likeness (QED) is 0.564. The number of aromatic nitrogens is 5. The van der Waals surface area contributed by atoms with Crippen molar-refractivity contribution in [3.05, 3.63) is 53.6 Å². The molecule has 30 heavy (non-hydrogen) atoms. The van der Waals surface area contributed by atoms with Crippen LogP contribution in [-0.4, -0.2) is 52.8 Å². The largest absolute Gasteiger partial charge is 0.373 e. The predicted octanol–water partition coefficient (Wildman–Crippen LogP) is 1.27. The van der Waals surface area contributed by atoms with E-state index in [9.17, 15) is 13.2 Å². The molecule has 12 heteroatoms. The van der Waals surface area contributed by atoms with E-state index in [1.54, 1.807) is 39.2 Å². The highest BCUT2D eigenvalue weighted by molar-refractivity contribution is 7.92. The molecule has 0 bridgehead atoms. The monoisotopic (exact) mass is 464 g/mol. The fourth-order valence-electron chi connectivity index (χ4n) is 2.65. The standard InChI is InChI=1S/C18H21ClN6O3SSi/c1-18(2,3)29(27,28)14-9-12(8-13(19)10-14)15(26)24-30(4)17-22-11-23-25(17)16-20-6-5-7-21-16/h5-11,30H,1-4H3,(H,24,26). The summed E-state index contributed by atoms with van der Waals surface area (Å²) in [6, 6.07) is 5.81. The molecule has 158 valence electrons. The van der Waals surface area contributed by atoms with Gasteiger partial charge in [0.25, 0.3) is 5.95 Å². The van der Waals surface area contributed by atoms with Gasteiger partial charge in [-0.15, -0.1) is 0 Å². The molecule has 0 fully saturated rings. The topological polar surface area (TPSA) is 120 Å². The van der Waals surface area contributed by atoms with Crippen LogP contribution in [0.15, 0.2) is 47.9 Å². The lowest BCUT2D eigenvalue weighted by molar-refractivity contribution is 0.0979. The van der Waals surface area contributed by atoms with Gasteiger partial charge >= 0.3 is 0 Å². The minimum Gasteiger partial charge on any atom is -0.373 e. The maximum absolute atomic E-state index is 12.9. The Bertz CT molecular complexity index is 1180. The van der Waals surface area contributed by atoms with E-state index in [-0.39, 0.29) is 15.5 Å². The van der Waals surface area contributed by atoms with Crippen molar-refractivity contribution in [1.29, 1.82) is 0 Å². The van der Waals surface area contributed by atoms with Crippen molar-refractivity contribution in [2.24, 2.45) is 0 Å². The average Bonchev–Trinajstić information content (AvgIpc) is 3.17. The third-order valence-electron chi connectivity index (χ3n) is 4.30. The van der Waals surface area contributed by atoms with Gasteiger partial charge in [0.2, 0.25) is 14.9 Å². The molecule has 1 amide bonds. The Kier molecular flexibility index (Phi) is 6.06. The normalized spacial score (nSPS) is 13.1. The van der Waals surface area contributed by atoms with Crippen molar-refractivity contribution in [1.82, 2.24) is 29.7 Å². The minimum atomic E-state index is -3.67. The molecule has 0 saturated heterocycles. The van der Waals surface area contributed by atoms with Crippen LogP contribution in [0.25, 0.3) is 5.95 Å². The van der Waals surface area contributed by atoms with Crippen LogP contribution in [0.5, 0.6) is 0 Å². The SMILES string of the molecule is C[SiH](NC(=O)c1cc(Cl)cc(S(=O)(=O)C(C)(C)C)c1)c1ncnn1-c1ncccn1. The van der Waals surface area contributed by atoms with Crippen LogP contribution in [0.1, 0.15) is 31.1 Å². The number of nitrogens with one attached hydrogen (secondary N) is 1. The number of sulfone groups is 1. The summed E-state index contributed by atoms with van der Waals surface area (Å²) in [5.41, 5.74) is 0.714. The van der Waals surface area contributed by atoms with Crippen molar-refractivity contribution in [3.63, 3.8) is 0 Å². The molecule has 3 aromatic rings. The van der Waals surface area contributed by atoms with Crippen molar-refractivity contribution in [2.75, 3.05) is 0 Å². The Morgan fingerprint density at radius 2 is 1.80 bits per heavy atom. The molecule has 2 heterocycles. The smallest absolute Gasteiger partial charge is 0.251 e. The summed E-state index contributed by atoms with van der Waals surface area (Å²) < 4.78 is 26.0. The summed E-state index contributed by atoms with van der Waals surface area (Å²) in [5.74, 6) is -0.0922. The summed E-state index contributed by atoms with van der Waals surface area (Å²) >= 11 is 6.12. The van der Waals surface area contributed by atoms with Gasteiger partial charge in [-0.2, -0.15) is 9.78 Å². The van der Waals surface area contributed by atoms with E-state index in [4.69, 9.17) is 11.6 Å². The highest BCUT2D eigenvalue weighted by Crippen LogP contribution is 2.28. The first kappa shape index (κ1) is 22.1. The molecule has 1 unspecified atom stereocenters. The second-order valence-corrected chi connectivity index (χ2v) is 13.0. The number of hydrogen-bond donors (Lipinski definition) is 1. The van der Waals surface area contributed by atoms with E-state index in [0.29, 0.717) is 11.4 Å². The van der Waals surface area contributed by atoms with Crippen LogP contribution in [0.2, 0.25) is 11.6 Å². The van der Waals surface area contributed by atoms with E-state index in [1.807, 2.05) is 6.55 Å². The van der Waals surface area contributed by atoms with Crippen LogP contribution in [-0.2, 0) is 9.84 Å². The summed E-state index contributed by atoms with van der Waals surface area (Å²) in [7, 11) is -5.80. The molecule has 0 spiro atoms. The zero-order chi connectivity index (χ0) is 22.1. The van der Waals surface area contributed by atoms with Gasteiger partial charge in [0.15, 0.2) is 9.84 Å². The maximum atomic E-state index is 12.9.